The lowest BCUT2D eigenvalue weighted by molar-refractivity contribution is -0.387. The summed E-state index contributed by atoms with van der Waals surface area (Å²) >= 11 is 0. The third-order valence-electron chi connectivity index (χ3n) is 5.28. The monoisotopic (exact) mass is 435 g/mol. The van der Waals surface area contributed by atoms with Gasteiger partial charge in [-0.25, -0.2) is 8.42 Å². The summed E-state index contributed by atoms with van der Waals surface area (Å²) in [5, 5.41) is 13.3. The Hall–Kier alpha value is -2.85. The molecule has 0 aliphatic heterocycles. The molecule has 2 aromatic rings. The number of nitrogens with zero attached hydrogens (tertiary/aromatic N) is 2. The van der Waals surface area contributed by atoms with E-state index in [1.165, 1.54) is 34.6 Å². The Kier molecular flexibility index (Phi) is 6.47. The molecule has 8 nitrogen and oxygen atoms in total. The highest BCUT2D eigenvalue weighted by molar-refractivity contribution is 7.89. The molecule has 0 spiro atoms. The molecule has 1 amide bonds. The van der Waals surface area contributed by atoms with Gasteiger partial charge in [-0.1, -0.05) is 19.3 Å². The number of nitrogens with one attached hydrogen (secondary N) is 1. The average Bonchev–Trinajstić information content (AvgIpc) is 2.75. The van der Waals surface area contributed by atoms with E-state index in [1.54, 1.807) is 7.05 Å². The van der Waals surface area contributed by atoms with E-state index in [-0.39, 0.29) is 22.2 Å². The summed E-state index contributed by atoms with van der Waals surface area (Å²) in [7, 11) is -2.10. The van der Waals surface area contributed by atoms with Crippen molar-refractivity contribution in [2.24, 2.45) is 0 Å². The van der Waals surface area contributed by atoms with Crippen molar-refractivity contribution in [3.8, 4) is 0 Å². The number of hydrogen-bond acceptors (Lipinski definition) is 5. The number of nitro groups is 1. The molecule has 1 fully saturated rings. The van der Waals surface area contributed by atoms with E-state index < -0.39 is 32.4 Å². The molecule has 0 radical (unpaired) electrons. The smallest absolute Gasteiger partial charge is 0.306 e. The maximum absolute atomic E-state index is 13.4. The number of anilines is 1. The van der Waals surface area contributed by atoms with E-state index in [2.05, 4.69) is 5.32 Å². The van der Waals surface area contributed by atoms with Crippen molar-refractivity contribution in [2.45, 2.75) is 43.0 Å². The number of hydrogen-bond donors (Lipinski definition) is 1. The lowest BCUT2D eigenvalue weighted by Crippen LogP contribution is -2.38. The first-order valence-electron chi connectivity index (χ1n) is 9.53. The van der Waals surface area contributed by atoms with Gasteiger partial charge in [-0.15, -0.1) is 0 Å². The Morgan fingerprint density at radius 1 is 1.13 bits per heavy atom. The molecule has 10 heteroatoms. The number of carbonyl (C=O) groups excluding carboxylic acids is 1. The van der Waals surface area contributed by atoms with Gasteiger partial charge in [0.2, 0.25) is 15.8 Å². The predicted octanol–water partition coefficient (Wildman–Crippen LogP) is 3.94. The number of sulfonamides is 1. The first kappa shape index (κ1) is 21.8. The molecule has 1 N–H and O–H groups in total. The highest BCUT2D eigenvalue weighted by Crippen LogP contribution is 2.27. The number of halogens is 1. The normalized spacial score (nSPS) is 15.2. The fourth-order valence-electron chi connectivity index (χ4n) is 3.52. The first-order chi connectivity index (χ1) is 14.2. The van der Waals surface area contributed by atoms with Crippen LogP contribution in [0.15, 0.2) is 47.4 Å². The minimum Gasteiger partial charge on any atom is -0.322 e. The van der Waals surface area contributed by atoms with Gasteiger partial charge in [-0.3, -0.25) is 14.9 Å². The first-order valence-corrected chi connectivity index (χ1v) is 11.0. The van der Waals surface area contributed by atoms with Gasteiger partial charge in [-0.05, 0) is 49.2 Å². The Bertz CT molecular complexity index is 1050. The van der Waals surface area contributed by atoms with Crippen LogP contribution in [-0.2, 0) is 10.0 Å². The Labute approximate surface area is 173 Å². The van der Waals surface area contributed by atoms with Crippen molar-refractivity contribution >= 4 is 27.3 Å². The largest absolute Gasteiger partial charge is 0.322 e. The topological polar surface area (TPSA) is 110 Å². The van der Waals surface area contributed by atoms with Gasteiger partial charge in [0.25, 0.3) is 5.91 Å². The van der Waals surface area contributed by atoms with E-state index in [4.69, 9.17) is 0 Å². The maximum atomic E-state index is 13.4. The molecule has 1 saturated carbocycles. The van der Waals surface area contributed by atoms with Crippen LogP contribution in [0.1, 0.15) is 42.5 Å². The van der Waals surface area contributed by atoms with Crippen molar-refractivity contribution in [1.29, 1.82) is 0 Å². The average molecular weight is 435 g/mol. The van der Waals surface area contributed by atoms with Crippen molar-refractivity contribution in [1.82, 2.24) is 4.31 Å². The lowest BCUT2D eigenvalue weighted by atomic mass is 9.96. The van der Waals surface area contributed by atoms with Crippen molar-refractivity contribution < 1.29 is 22.5 Å². The van der Waals surface area contributed by atoms with Gasteiger partial charge in [0.15, 0.2) is 0 Å². The number of amides is 1. The minimum absolute atomic E-state index is 0.0269. The van der Waals surface area contributed by atoms with Gasteiger partial charge in [0, 0.05) is 30.4 Å². The third kappa shape index (κ3) is 4.65. The fraction of sp³-hybridized carbons (Fsp3) is 0.350. The quantitative estimate of drug-likeness (QED) is 0.546. The second kappa shape index (κ2) is 8.88. The second-order valence-electron chi connectivity index (χ2n) is 7.21. The Balaban J connectivity index is 1.74. The number of rotatable bonds is 6. The number of carbonyl (C=O) groups is 1. The van der Waals surface area contributed by atoms with Gasteiger partial charge in [0.1, 0.15) is 0 Å². The van der Waals surface area contributed by atoms with E-state index in [0.29, 0.717) is 0 Å². The zero-order valence-corrected chi connectivity index (χ0v) is 17.2. The van der Waals surface area contributed by atoms with Crippen LogP contribution in [0.3, 0.4) is 0 Å². The summed E-state index contributed by atoms with van der Waals surface area (Å²) in [6.07, 6.45) is 4.79. The van der Waals surface area contributed by atoms with Crippen LogP contribution in [0.25, 0.3) is 0 Å². The molecule has 1 aliphatic carbocycles. The van der Waals surface area contributed by atoms with Crippen LogP contribution in [0.2, 0.25) is 0 Å². The number of nitro benzene ring substituents is 1. The Morgan fingerprint density at radius 2 is 1.77 bits per heavy atom. The molecule has 0 aromatic heterocycles. The van der Waals surface area contributed by atoms with Crippen molar-refractivity contribution in [3.63, 3.8) is 0 Å². The van der Waals surface area contributed by atoms with Gasteiger partial charge in [0.05, 0.1) is 9.82 Å². The summed E-state index contributed by atoms with van der Waals surface area (Å²) in [4.78, 5) is 22.4. The molecular formula is C20H22FN3O5S. The Morgan fingerprint density at radius 3 is 2.37 bits per heavy atom. The molecule has 1 aliphatic rings. The molecule has 0 heterocycles. The molecule has 30 heavy (non-hydrogen) atoms. The summed E-state index contributed by atoms with van der Waals surface area (Å²) in [6.45, 7) is 0. The second-order valence-corrected chi connectivity index (χ2v) is 9.21. The number of benzene rings is 2. The van der Waals surface area contributed by atoms with Gasteiger partial charge in [-0.2, -0.15) is 8.70 Å². The maximum Gasteiger partial charge on any atom is 0.306 e. The summed E-state index contributed by atoms with van der Waals surface area (Å²) in [6, 6.07) is 8.45. The van der Waals surface area contributed by atoms with E-state index in [0.717, 1.165) is 44.2 Å². The predicted molar refractivity (Wildman–Crippen MR) is 109 cm³/mol. The van der Waals surface area contributed by atoms with Gasteiger partial charge < -0.3 is 5.32 Å². The van der Waals surface area contributed by atoms with E-state index in [1.807, 2.05) is 0 Å². The van der Waals surface area contributed by atoms with Crippen molar-refractivity contribution in [2.75, 3.05) is 12.4 Å². The standard InChI is InChI=1S/C20H22FN3O5S/c1-23(16-5-3-2-4-6-16)30(28,29)17-10-7-14(8-11-17)20(25)22-15-9-12-18(21)19(13-15)24(26)27/h7-13,16H,2-6H2,1H3,(H,22,25). The zero-order chi connectivity index (χ0) is 21.9. The SMILES string of the molecule is CN(C1CCCCC1)S(=O)(=O)c1ccc(C(=O)Nc2ccc(F)c([N+](=O)[O-])c2)cc1. The summed E-state index contributed by atoms with van der Waals surface area (Å²) < 4.78 is 40.5. The van der Waals surface area contributed by atoms with E-state index >= 15 is 0 Å². The summed E-state index contributed by atoms with van der Waals surface area (Å²) in [5.41, 5.74) is -0.525. The van der Waals surface area contributed by atoms with Crippen molar-refractivity contribution in [3.05, 3.63) is 64.0 Å². The van der Waals surface area contributed by atoms with Crippen LogP contribution in [-0.4, -0.2) is 36.6 Å². The molecule has 0 bridgehead atoms. The molecule has 160 valence electrons. The molecule has 0 unspecified atom stereocenters. The highest BCUT2D eigenvalue weighted by Gasteiger charge is 2.29. The van der Waals surface area contributed by atoms with Crippen LogP contribution < -0.4 is 5.32 Å². The fourth-order valence-corrected chi connectivity index (χ4v) is 4.93. The van der Waals surface area contributed by atoms with Crippen LogP contribution >= 0.6 is 0 Å². The molecule has 0 atom stereocenters. The summed E-state index contributed by atoms with van der Waals surface area (Å²) in [5.74, 6) is -1.60. The molecule has 2 aromatic carbocycles. The molecular weight excluding hydrogens is 413 g/mol. The zero-order valence-electron chi connectivity index (χ0n) is 16.4. The van der Waals surface area contributed by atoms with E-state index in [9.17, 15) is 27.7 Å². The van der Waals surface area contributed by atoms with Crippen LogP contribution in [0, 0.1) is 15.9 Å². The molecule has 0 saturated heterocycles. The lowest BCUT2D eigenvalue weighted by Gasteiger charge is -2.30. The minimum atomic E-state index is -3.67. The van der Waals surface area contributed by atoms with Gasteiger partial charge >= 0.3 is 5.69 Å². The van der Waals surface area contributed by atoms with Crippen LogP contribution in [0.5, 0.6) is 0 Å². The molecule has 3 rings (SSSR count). The third-order valence-corrected chi connectivity index (χ3v) is 7.21. The van der Waals surface area contributed by atoms with Crippen LogP contribution in [0.4, 0.5) is 15.8 Å². The highest BCUT2D eigenvalue weighted by atomic mass is 32.2.